The van der Waals surface area contributed by atoms with E-state index in [1.165, 1.54) is 83.5 Å². The lowest BCUT2D eigenvalue weighted by molar-refractivity contribution is -0.177. The molecule has 0 heterocycles. The fraction of sp³-hybridized carbons (Fsp3) is 1.00. The highest BCUT2D eigenvalue weighted by Crippen LogP contribution is 2.71. The fourth-order valence-electron chi connectivity index (χ4n) is 9.82. The summed E-state index contributed by atoms with van der Waals surface area (Å²) in [6.07, 6.45) is 18.9. The van der Waals surface area contributed by atoms with Crippen molar-refractivity contribution in [3.8, 4) is 0 Å². The summed E-state index contributed by atoms with van der Waals surface area (Å²) in [6.45, 7) is 5.90. The van der Waals surface area contributed by atoms with E-state index in [-0.39, 0.29) is 0 Å². The molecule has 8 unspecified atom stereocenters. The van der Waals surface area contributed by atoms with Crippen molar-refractivity contribution in [2.24, 2.45) is 45.8 Å². The highest BCUT2D eigenvalue weighted by Gasteiger charge is 2.63. The van der Waals surface area contributed by atoms with Crippen LogP contribution >= 0.6 is 0 Å². The SMILES string of the molecule is CC12CCCCC1CCC1(C)C3CCC4(CO)CCCC4C3CCC21. The summed E-state index contributed by atoms with van der Waals surface area (Å²) in [7, 11) is 0. The van der Waals surface area contributed by atoms with Crippen molar-refractivity contribution in [1.29, 1.82) is 0 Å². The van der Waals surface area contributed by atoms with E-state index < -0.39 is 0 Å². The number of aliphatic hydroxyl groups excluding tert-OH is 1. The molecule has 0 spiro atoms. The lowest BCUT2D eigenvalue weighted by Gasteiger charge is -2.66. The van der Waals surface area contributed by atoms with Crippen molar-refractivity contribution in [2.45, 2.75) is 97.3 Å². The van der Waals surface area contributed by atoms with Crippen LogP contribution in [0.4, 0.5) is 0 Å². The van der Waals surface area contributed by atoms with Gasteiger partial charge in [-0.15, -0.1) is 0 Å². The van der Waals surface area contributed by atoms with Gasteiger partial charge in [0.2, 0.25) is 0 Å². The summed E-state index contributed by atoms with van der Waals surface area (Å²) in [5.41, 5.74) is 1.59. The average molecular weight is 345 g/mol. The third-order valence-electron chi connectivity index (χ3n) is 11.0. The van der Waals surface area contributed by atoms with Gasteiger partial charge in [0, 0.05) is 6.61 Å². The Hall–Kier alpha value is -0.0400. The Morgan fingerprint density at radius 1 is 0.720 bits per heavy atom. The molecule has 0 radical (unpaired) electrons. The van der Waals surface area contributed by atoms with Crippen molar-refractivity contribution in [3.05, 3.63) is 0 Å². The first-order chi connectivity index (χ1) is 12.0. The van der Waals surface area contributed by atoms with Crippen LogP contribution in [0, 0.1) is 45.8 Å². The maximum Gasteiger partial charge on any atom is 0.0490 e. The van der Waals surface area contributed by atoms with Gasteiger partial charge in [0.15, 0.2) is 0 Å². The quantitative estimate of drug-likeness (QED) is 0.600. The van der Waals surface area contributed by atoms with Crippen molar-refractivity contribution >= 4 is 0 Å². The molecule has 1 nitrogen and oxygen atoms in total. The van der Waals surface area contributed by atoms with E-state index in [1.807, 2.05) is 0 Å². The van der Waals surface area contributed by atoms with Gasteiger partial charge in [-0.2, -0.15) is 0 Å². The first-order valence-corrected chi connectivity index (χ1v) is 11.6. The van der Waals surface area contributed by atoms with E-state index in [0.29, 0.717) is 22.9 Å². The van der Waals surface area contributed by atoms with Gasteiger partial charge in [-0.3, -0.25) is 0 Å². The van der Waals surface area contributed by atoms with Gasteiger partial charge in [-0.1, -0.05) is 33.1 Å². The molecule has 1 N–H and O–H groups in total. The number of hydrogen-bond donors (Lipinski definition) is 1. The largest absolute Gasteiger partial charge is 0.396 e. The van der Waals surface area contributed by atoms with E-state index in [1.54, 1.807) is 0 Å². The van der Waals surface area contributed by atoms with Crippen molar-refractivity contribution in [1.82, 2.24) is 0 Å². The van der Waals surface area contributed by atoms with Crippen LogP contribution in [0.5, 0.6) is 0 Å². The molecule has 5 saturated carbocycles. The summed E-state index contributed by atoms with van der Waals surface area (Å²) < 4.78 is 0. The van der Waals surface area contributed by atoms with Crippen LogP contribution in [0.2, 0.25) is 0 Å². The van der Waals surface area contributed by atoms with Gasteiger partial charge in [0.05, 0.1) is 0 Å². The molecule has 5 rings (SSSR count). The summed E-state index contributed by atoms with van der Waals surface area (Å²) >= 11 is 0. The minimum Gasteiger partial charge on any atom is -0.396 e. The molecule has 1 heteroatoms. The summed E-state index contributed by atoms with van der Waals surface area (Å²) in [6, 6.07) is 0. The molecule has 0 aliphatic heterocycles. The van der Waals surface area contributed by atoms with Crippen LogP contribution < -0.4 is 0 Å². The molecule has 0 aromatic carbocycles. The molecule has 5 aliphatic carbocycles. The Morgan fingerprint density at radius 3 is 2.44 bits per heavy atom. The van der Waals surface area contributed by atoms with E-state index in [4.69, 9.17) is 0 Å². The van der Waals surface area contributed by atoms with E-state index in [2.05, 4.69) is 13.8 Å². The lowest BCUT2D eigenvalue weighted by Crippen LogP contribution is -2.59. The van der Waals surface area contributed by atoms with Crippen LogP contribution in [0.15, 0.2) is 0 Å². The lowest BCUT2D eigenvalue weighted by atomic mass is 9.38. The first kappa shape index (κ1) is 17.1. The maximum absolute atomic E-state index is 10.2. The zero-order valence-electron chi connectivity index (χ0n) is 16.7. The molecular weight excluding hydrogens is 304 g/mol. The normalized spacial score (nSPS) is 58.0. The summed E-state index contributed by atoms with van der Waals surface area (Å²) in [4.78, 5) is 0. The smallest absolute Gasteiger partial charge is 0.0490 e. The zero-order valence-corrected chi connectivity index (χ0v) is 16.7. The molecule has 0 amide bonds. The highest BCUT2D eigenvalue weighted by molar-refractivity contribution is 5.12. The van der Waals surface area contributed by atoms with Crippen molar-refractivity contribution < 1.29 is 5.11 Å². The molecule has 25 heavy (non-hydrogen) atoms. The van der Waals surface area contributed by atoms with Crippen LogP contribution in [0.25, 0.3) is 0 Å². The minimum absolute atomic E-state index is 0.330. The standard InChI is InChI=1S/C24H40O/c1-22-12-4-3-6-17(22)10-14-23(2)19-11-15-24(16-25)13-5-7-20(24)18(19)8-9-21(22)23/h17-21,25H,3-16H2,1-2H3. The second-order valence-corrected chi connectivity index (χ2v) is 11.5. The predicted octanol–water partition coefficient (Wildman–Crippen LogP) is 6.20. The third-order valence-corrected chi connectivity index (χ3v) is 11.0. The average Bonchev–Trinajstić information content (AvgIpc) is 3.06. The van der Waals surface area contributed by atoms with Gasteiger partial charge in [-0.05, 0) is 110 Å². The van der Waals surface area contributed by atoms with Gasteiger partial charge < -0.3 is 5.11 Å². The van der Waals surface area contributed by atoms with Crippen LogP contribution in [-0.4, -0.2) is 11.7 Å². The summed E-state index contributed by atoms with van der Waals surface area (Å²) in [5.74, 6) is 4.78. The van der Waals surface area contributed by atoms with E-state index in [0.717, 1.165) is 29.6 Å². The molecule has 0 bridgehead atoms. The fourth-order valence-corrected chi connectivity index (χ4v) is 9.82. The molecule has 5 fully saturated rings. The van der Waals surface area contributed by atoms with Crippen LogP contribution in [0.3, 0.4) is 0 Å². The number of aliphatic hydroxyl groups is 1. The summed E-state index contributed by atoms with van der Waals surface area (Å²) in [5, 5.41) is 10.2. The highest BCUT2D eigenvalue weighted by atomic mass is 16.3. The Morgan fingerprint density at radius 2 is 1.60 bits per heavy atom. The van der Waals surface area contributed by atoms with Gasteiger partial charge in [0.1, 0.15) is 0 Å². The number of hydrogen-bond acceptors (Lipinski definition) is 1. The zero-order chi connectivity index (χ0) is 17.3. The molecule has 0 saturated heterocycles. The van der Waals surface area contributed by atoms with Gasteiger partial charge in [-0.25, -0.2) is 0 Å². The predicted molar refractivity (Wildman–Crippen MR) is 103 cm³/mol. The second kappa shape index (κ2) is 5.73. The Kier molecular flexibility index (Phi) is 3.91. The Bertz CT molecular complexity index is 528. The Labute approximate surface area is 155 Å². The molecule has 0 aromatic rings. The third kappa shape index (κ3) is 2.17. The maximum atomic E-state index is 10.2. The van der Waals surface area contributed by atoms with Crippen molar-refractivity contribution in [2.75, 3.05) is 6.61 Å². The molecule has 0 aromatic heterocycles. The number of rotatable bonds is 1. The number of fused-ring (bicyclic) bond motifs is 7. The minimum atomic E-state index is 0.330. The van der Waals surface area contributed by atoms with Crippen LogP contribution in [-0.2, 0) is 0 Å². The molecule has 142 valence electrons. The second-order valence-electron chi connectivity index (χ2n) is 11.5. The van der Waals surface area contributed by atoms with E-state index in [9.17, 15) is 5.11 Å². The molecule has 5 aliphatic rings. The molecular formula is C24H40O. The van der Waals surface area contributed by atoms with E-state index >= 15 is 0 Å². The monoisotopic (exact) mass is 344 g/mol. The van der Waals surface area contributed by atoms with Crippen molar-refractivity contribution in [3.63, 3.8) is 0 Å². The van der Waals surface area contributed by atoms with Gasteiger partial charge in [0.25, 0.3) is 0 Å². The molecule has 8 atom stereocenters. The van der Waals surface area contributed by atoms with Crippen LogP contribution in [0.1, 0.15) is 97.3 Å². The topological polar surface area (TPSA) is 20.2 Å². The van der Waals surface area contributed by atoms with Gasteiger partial charge >= 0.3 is 0 Å². The first-order valence-electron chi connectivity index (χ1n) is 11.6. The Balaban J connectivity index is 1.47.